The molecule has 0 saturated heterocycles. The highest BCUT2D eigenvalue weighted by Gasteiger charge is 2.23. The lowest BCUT2D eigenvalue weighted by atomic mass is 10.0. The summed E-state index contributed by atoms with van der Waals surface area (Å²) >= 11 is 0. The van der Waals surface area contributed by atoms with Gasteiger partial charge in [-0.25, -0.2) is 9.78 Å². The predicted octanol–water partition coefficient (Wildman–Crippen LogP) is 2.67. The zero-order valence-corrected chi connectivity index (χ0v) is 12.7. The van der Waals surface area contributed by atoms with E-state index in [1.54, 1.807) is 30.6 Å². The number of ether oxygens (including phenoxy) is 2. The summed E-state index contributed by atoms with van der Waals surface area (Å²) in [6, 6.07) is 8.93. The molecule has 2 heterocycles. The molecule has 2 N–H and O–H groups in total. The van der Waals surface area contributed by atoms with Crippen molar-refractivity contribution in [3.63, 3.8) is 0 Å². The van der Waals surface area contributed by atoms with E-state index in [1.807, 2.05) is 12.1 Å². The molecule has 0 bridgehead atoms. The molecule has 0 unspecified atom stereocenters. The number of carbonyl (C=O) groups excluding carboxylic acids is 1. The number of esters is 1. The third-order valence-electron chi connectivity index (χ3n) is 3.52. The van der Waals surface area contributed by atoms with Crippen LogP contribution in [0.25, 0.3) is 22.2 Å². The minimum Gasteiger partial charge on any atom is -0.494 e. The first-order valence-electron chi connectivity index (χ1n) is 6.91. The van der Waals surface area contributed by atoms with E-state index in [2.05, 4.69) is 9.97 Å². The van der Waals surface area contributed by atoms with Crippen molar-refractivity contribution in [2.24, 2.45) is 0 Å². The fraction of sp³-hybridized carbons (Fsp3) is 0.118. The summed E-state index contributed by atoms with van der Waals surface area (Å²) in [5, 5.41) is 0.579. The van der Waals surface area contributed by atoms with Crippen molar-refractivity contribution < 1.29 is 14.3 Å². The highest BCUT2D eigenvalue weighted by molar-refractivity contribution is 6.07. The molecule has 0 spiro atoms. The van der Waals surface area contributed by atoms with E-state index in [0.717, 1.165) is 5.56 Å². The smallest absolute Gasteiger partial charge is 0.342 e. The fourth-order valence-electron chi connectivity index (χ4n) is 2.43. The molecule has 0 saturated carbocycles. The van der Waals surface area contributed by atoms with Crippen molar-refractivity contribution in [2.75, 3.05) is 20.0 Å². The summed E-state index contributed by atoms with van der Waals surface area (Å²) in [4.78, 5) is 20.9. The van der Waals surface area contributed by atoms with Gasteiger partial charge in [0.25, 0.3) is 0 Å². The average Bonchev–Trinajstić information content (AvgIpc) is 2.60. The molecule has 6 heteroatoms. The van der Waals surface area contributed by atoms with Crippen molar-refractivity contribution in [3.8, 4) is 17.0 Å². The maximum atomic E-state index is 12.3. The topological polar surface area (TPSA) is 87.3 Å². The Bertz CT molecular complexity index is 876. The van der Waals surface area contributed by atoms with Gasteiger partial charge in [0.2, 0.25) is 0 Å². The van der Waals surface area contributed by atoms with Crippen LogP contribution in [0.15, 0.2) is 42.7 Å². The summed E-state index contributed by atoms with van der Waals surface area (Å²) in [5.41, 5.74) is 8.65. The molecule has 0 amide bonds. The van der Waals surface area contributed by atoms with E-state index in [0.29, 0.717) is 33.6 Å². The highest BCUT2D eigenvalue weighted by Crippen LogP contribution is 2.36. The van der Waals surface area contributed by atoms with Gasteiger partial charge in [-0.15, -0.1) is 0 Å². The number of nitrogen functional groups attached to an aromatic ring is 1. The third-order valence-corrected chi connectivity index (χ3v) is 3.52. The van der Waals surface area contributed by atoms with E-state index in [1.165, 1.54) is 14.2 Å². The molecule has 0 aliphatic rings. The minimum absolute atomic E-state index is 0.305. The molecule has 0 aliphatic heterocycles. The summed E-state index contributed by atoms with van der Waals surface area (Å²) in [6.45, 7) is 0. The Hall–Kier alpha value is -3.15. The first-order chi connectivity index (χ1) is 11.2. The fourth-order valence-corrected chi connectivity index (χ4v) is 2.43. The molecule has 3 rings (SSSR count). The van der Waals surface area contributed by atoms with Gasteiger partial charge in [0.15, 0.2) is 5.75 Å². The quantitative estimate of drug-likeness (QED) is 0.591. The van der Waals surface area contributed by atoms with Crippen LogP contribution in [-0.4, -0.2) is 30.2 Å². The largest absolute Gasteiger partial charge is 0.494 e. The number of nitrogens with two attached hydrogens (primary N) is 1. The molecule has 0 radical (unpaired) electrons. The molecule has 6 nitrogen and oxygen atoms in total. The van der Waals surface area contributed by atoms with Crippen LogP contribution in [0.4, 0.5) is 5.69 Å². The number of fused-ring (bicyclic) bond motifs is 1. The SMILES string of the molecule is COC(=O)c1c(OC)c(-c2ccc(N)cc2)nc2ccncc12. The zero-order valence-electron chi connectivity index (χ0n) is 12.7. The molecule has 0 fully saturated rings. The Balaban J connectivity index is 2.37. The lowest BCUT2D eigenvalue weighted by Gasteiger charge is -2.14. The van der Waals surface area contributed by atoms with E-state index < -0.39 is 5.97 Å². The Kier molecular flexibility index (Phi) is 3.80. The minimum atomic E-state index is -0.501. The standard InChI is InChI=1S/C17H15N3O3/c1-22-16-14(17(21)23-2)12-9-19-8-7-13(12)20-15(16)10-3-5-11(18)6-4-10/h3-9H,18H2,1-2H3. The normalized spacial score (nSPS) is 10.5. The van der Waals surface area contributed by atoms with Gasteiger partial charge in [0.1, 0.15) is 11.3 Å². The second-order valence-corrected chi connectivity index (χ2v) is 4.88. The number of hydrogen-bond acceptors (Lipinski definition) is 6. The van der Waals surface area contributed by atoms with Gasteiger partial charge >= 0.3 is 5.97 Å². The predicted molar refractivity (Wildman–Crippen MR) is 87.3 cm³/mol. The molecular weight excluding hydrogens is 294 g/mol. The van der Waals surface area contributed by atoms with Gasteiger partial charge in [-0.2, -0.15) is 0 Å². The lowest BCUT2D eigenvalue weighted by molar-refractivity contribution is 0.0599. The van der Waals surface area contributed by atoms with Crippen LogP contribution in [0, 0.1) is 0 Å². The molecular formula is C17H15N3O3. The zero-order chi connectivity index (χ0) is 16.4. The number of aromatic nitrogens is 2. The first kappa shape index (κ1) is 14.8. The second-order valence-electron chi connectivity index (χ2n) is 4.88. The van der Waals surface area contributed by atoms with Gasteiger partial charge in [0.05, 0.1) is 19.7 Å². The maximum absolute atomic E-state index is 12.3. The molecule has 2 aromatic heterocycles. The first-order valence-corrected chi connectivity index (χ1v) is 6.91. The van der Waals surface area contributed by atoms with Crippen LogP contribution in [0.5, 0.6) is 5.75 Å². The van der Waals surface area contributed by atoms with E-state index >= 15 is 0 Å². The van der Waals surface area contributed by atoms with Crippen LogP contribution < -0.4 is 10.5 Å². The Morgan fingerprint density at radius 2 is 1.87 bits per heavy atom. The van der Waals surface area contributed by atoms with Crippen LogP contribution in [-0.2, 0) is 4.74 Å². The molecule has 0 aliphatic carbocycles. The van der Waals surface area contributed by atoms with Crippen molar-refractivity contribution in [1.29, 1.82) is 0 Å². The monoisotopic (exact) mass is 309 g/mol. The summed E-state index contributed by atoms with van der Waals surface area (Å²) < 4.78 is 10.4. The molecule has 3 aromatic rings. The Morgan fingerprint density at radius 3 is 2.52 bits per heavy atom. The Morgan fingerprint density at radius 1 is 1.13 bits per heavy atom. The number of rotatable bonds is 3. The third kappa shape index (κ3) is 2.55. The van der Waals surface area contributed by atoms with Crippen molar-refractivity contribution in [2.45, 2.75) is 0 Å². The average molecular weight is 309 g/mol. The second kappa shape index (κ2) is 5.92. The number of anilines is 1. The highest BCUT2D eigenvalue weighted by atomic mass is 16.5. The van der Waals surface area contributed by atoms with Crippen LogP contribution in [0.1, 0.15) is 10.4 Å². The van der Waals surface area contributed by atoms with Crippen molar-refractivity contribution >= 4 is 22.6 Å². The summed E-state index contributed by atoms with van der Waals surface area (Å²) in [6.07, 6.45) is 3.19. The number of hydrogen-bond donors (Lipinski definition) is 1. The summed E-state index contributed by atoms with van der Waals surface area (Å²) in [5.74, 6) is -0.152. The number of nitrogens with zero attached hydrogens (tertiary/aromatic N) is 2. The van der Waals surface area contributed by atoms with E-state index in [4.69, 9.17) is 15.2 Å². The number of carbonyl (C=O) groups is 1. The van der Waals surface area contributed by atoms with Gasteiger partial charge in [-0.1, -0.05) is 12.1 Å². The molecule has 116 valence electrons. The van der Waals surface area contributed by atoms with E-state index in [9.17, 15) is 4.79 Å². The van der Waals surface area contributed by atoms with Crippen LogP contribution in [0.3, 0.4) is 0 Å². The van der Waals surface area contributed by atoms with Gasteiger partial charge in [0, 0.05) is 29.0 Å². The Labute approximate surface area is 132 Å². The number of methoxy groups -OCH3 is 2. The van der Waals surface area contributed by atoms with Gasteiger partial charge in [-0.3, -0.25) is 4.98 Å². The molecule has 1 aromatic carbocycles. The van der Waals surface area contributed by atoms with Crippen LogP contribution in [0.2, 0.25) is 0 Å². The molecule has 0 atom stereocenters. The van der Waals surface area contributed by atoms with Gasteiger partial charge in [-0.05, 0) is 18.2 Å². The van der Waals surface area contributed by atoms with Crippen LogP contribution >= 0.6 is 0 Å². The molecule has 23 heavy (non-hydrogen) atoms. The van der Waals surface area contributed by atoms with Crippen molar-refractivity contribution in [3.05, 3.63) is 48.3 Å². The van der Waals surface area contributed by atoms with Gasteiger partial charge < -0.3 is 15.2 Å². The van der Waals surface area contributed by atoms with E-state index in [-0.39, 0.29) is 0 Å². The summed E-state index contributed by atoms with van der Waals surface area (Å²) in [7, 11) is 2.82. The number of pyridine rings is 2. The maximum Gasteiger partial charge on any atom is 0.342 e. The van der Waals surface area contributed by atoms with Crippen molar-refractivity contribution in [1.82, 2.24) is 9.97 Å². The number of benzene rings is 1. The lowest BCUT2D eigenvalue weighted by Crippen LogP contribution is -2.08.